The van der Waals surface area contributed by atoms with Crippen molar-refractivity contribution < 1.29 is 5.11 Å². The van der Waals surface area contributed by atoms with Gasteiger partial charge in [0.25, 0.3) is 5.56 Å². The fourth-order valence-corrected chi connectivity index (χ4v) is 3.48. The Hall–Kier alpha value is -2.85. The van der Waals surface area contributed by atoms with Crippen LogP contribution < -0.4 is 10.9 Å². The third-order valence-corrected chi connectivity index (χ3v) is 5.27. The molecule has 2 aliphatic rings. The van der Waals surface area contributed by atoms with Gasteiger partial charge in [-0.05, 0) is 57.5 Å². The van der Waals surface area contributed by atoms with Gasteiger partial charge in [-0.3, -0.25) is 9.36 Å². The Bertz CT molecular complexity index is 1000. The first-order valence-corrected chi connectivity index (χ1v) is 9.75. The molecule has 2 N–H and O–H groups in total. The van der Waals surface area contributed by atoms with Crippen molar-refractivity contribution in [1.29, 1.82) is 0 Å². The lowest BCUT2D eigenvalue weighted by atomic mass is 10.1. The maximum atomic E-state index is 12.8. The number of phenolic OH excluding ortho intramolecular Hbond substituents is 1. The fraction of sp³-hybridized carbons (Fsp3) is 0.476. The molecule has 0 radical (unpaired) electrons. The molecule has 1 saturated carbocycles. The number of rotatable bonds is 3. The Balaban J connectivity index is 1.58. The van der Waals surface area contributed by atoms with Crippen molar-refractivity contribution >= 4 is 5.82 Å². The van der Waals surface area contributed by atoms with Gasteiger partial charge in [-0.2, -0.15) is 0 Å². The number of nitrogens with zero attached hydrogens (tertiary/aromatic N) is 4. The van der Waals surface area contributed by atoms with Gasteiger partial charge in [-0.1, -0.05) is 11.8 Å². The summed E-state index contributed by atoms with van der Waals surface area (Å²) in [6.07, 6.45) is 4.41. The lowest BCUT2D eigenvalue weighted by Gasteiger charge is -2.30. The number of aromatic nitrogens is 3. The molecule has 1 saturated heterocycles. The topological polar surface area (TPSA) is 83.3 Å². The van der Waals surface area contributed by atoms with Crippen LogP contribution in [0.5, 0.6) is 5.75 Å². The zero-order chi connectivity index (χ0) is 19.7. The minimum atomic E-state index is -0.254. The fourth-order valence-electron chi connectivity index (χ4n) is 3.48. The van der Waals surface area contributed by atoms with Gasteiger partial charge in [0.1, 0.15) is 5.75 Å². The van der Waals surface area contributed by atoms with Gasteiger partial charge in [-0.25, -0.2) is 0 Å². The molecule has 146 valence electrons. The number of likely N-dealkylation sites (tertiary alicyclic amines) is 1. The monoisotopic (exact) mass is 379 g/mol. The van der Waals surface area contributed by atoms with Crippen molar-refractivity contribution in [3.05, 3.63) is 34.1 Å². The summed E-state index contributed by atoms with van der Waals surface area (Å²) in [5.74, 6) is 7.37. The van der Waals surface area contributed by atoms with Gasteiger partial charge in [0.15, 0.2) is 5.82 Å². The summed E-state index contributed by atoms with van der Waals surface area (Å²) < 4.78 is 1.42. The van der Waals surface area contributed by atoms with E-state index in [1.165, 1.54) is 4.57 Å². The first-order valence-electron chi connectivity index (χ1n) is 9.75. The molecule has 0 unspecified atom stereocenters. The number of benzene rings is 1. The number of piperidine rings is 1. The highest BCUT2D eigenvalue weighted by atomic mass is 16.3. The lowest BCUT2D eigenvalue weighted by molar-refractivity contribution is 0.260. The molecule has 2 heterocycles. The van der Waals surface area contributed by atoms with E-state index in [9.17, 15) is 9.90 Å². The Kier molecular flexibility index (Phi) is 5.05. The number of anilines is 1. The van der Waals surface area contributed by atoms with Gasteiger partial charge in [0.05, 0.1) is 5.56 Å². The standard InChI is InChI=1S/C21H25N5O2/c1-25-11-3-4-16(13-25)22-19-21(28)26(2)20(24-23-19)17-10-9-15(12-18(17)27)8-7-14-5-6-14/h9-10,12,14,16,27H,3-6,11,13H2,1-2H3,(H,22,23)/t16-/m1/s1. The molecule has 1 aliphatic carbocycles. The van der Waals surface area contributed by atoms with Gasteiger partial charge in [-0.15, -0.1) is 10.2 Å². The highest BCUT2D eigenvalue weighted by molar-refractivity contribution is 5.66. The number of hydrogen-bond acceptors (Lipinski definition) is 6. The first kappa shape index (κ1) is 18.5. The molecule has 2 fully saturated rings. The van der Waals surface area contributed by atoms with E-state index in [1.807, 2.05) is 6.07 Å². The van der Waals surface area contributed by atoms with Crippen molar-refractivity contribution in [2.45, 2.75) is 31.7 Å². The van der Waals surface area contributed by atoms with Crippen molar-refractivity contribution in [3.63, 3.8) is 0 Å². The van der Waals surface area contributed by atoms with Crippen LogP contribution in [0.1, 0.15) is 31.2 Å². The quantitative estimate of drug-likeness (QED) is 0.792. The molecule has 1 aromatic carbocycles. The van der Waals surface area contributed by atoms with Crippen molar-refractivity contribution in [3.8, 4) is 29.0 Å². The van der Waals surface area contributed by atoms with E-state index in [4.69, 9.17) is 0 Å². The van der Waals surface area contributed by atoms with Crippen LogP contribution in [0.2, 0.25) is 0 Å². The van der Waals surface area contributed by atoms with Crippen molar-refractivity contribution in [2.75, 3.05) is 25.5 Å². The summed E-state index contributed by atoms with van der Waals surface area (Å²) in [7, 11) is 3.72. The van der Waals surface area contributed by atoms with E-state index in [-0.39, 0.29) is 23.2 Å². The minimum Gasteiger partial charge on any atom is -0.507 e. The number of phenols is 1. The molecular weight excluding hydrogens is 354 g/mol. The minimum absolute atomic E-state index is 0.0431. The Morgan fingerprint density at radius 1 is 1.21 bits per heavy atom. The first-order chi connectivity index (χ1) is 13.5. The van der Waals surface area contributed by atoms with Crippen LogP contribution in [0.3, 0.4) is 0 Å². The average molecular weight is 379 g/mol. The largest absolute Gasteiger partial charge is 0.507 e. The van der Waals surface area contributed by atoms with Gasteiger partial charge in [0, 0.05) is 31.1 Å². The van der Waals surface area contributed by atoms with Crippen LogP contribution in [-0.2, 0) is 7.05 Å². The molecule has 1 atom stereocenters. The molecule has 0 amide bonds. The zero-order valence-corrected chi connectivity index (χ0v) is 16.3. The molecule has 1 aliphatic heterocycles. The van der Waals surface area contributed by atoms with Crippen LogP contribution in [0.25, 0.3) is 11.4 Å². The smallest absolute Gasteiger partial charge is 0.296 e. The third-order valence-electron chi connectivity index (χ3n) is 5.27. The van der Waals surface area contributed by atoms with Gasteiger partial charge < -0.3 is 15.3 Å². The summed E-state index contributed by atoms with van der Waals surface area (Å²) in [5.41, 5.74) is 0.967. The maximum Gasteiger partial charge on any atom is 0.296 e. The van der Waals surface area contributed by atoms with E-state index in [1.54, 1.807) is 19.2 Å². The van der Waals surface area contributed by atoms with E-state index in [2.05, 4.69) is 39.3 Å². The third kappa shape index (κ3) is 4.02. The van der Waals surface area contributed by atoms with Crippen LogP contribution in [0.4, 0.5) is 5.82 Å². The van der Waals surface area contributed by atoms with E-state index >= 15 is 0 Å². The number of hydrogen-bond donors (Lipinski definition) is 2. The highest BCUT2D eigenvalue weighted by Crippen LogP contribution is 2.29. The second-order valence-electron chi connectivity index (χ2n) is 7.76. The highest BCUT2D eigenvalue weighted by Gasteiger charge is 2.21. The van der Waals surface area contributed by atoms with E-state index in [0.717, 1.165) is 44.3 Å². The van der Waals surface area contributed by atoms with Gasteiger partial charge in [0.2, 0.25) is 5.82 Å². The zero-order valence-electron chi connectivity index (χ0n) is 16.3. The van der Waals surface area contributed by atoms with Crippen molar-refractivity contribution in [2.24, 2.45) is 13.0 Å². The summed E-state index contributed by atoms with van der Waals surface area (Å²) in [6.45, 7) is 1.94. The van der Waals surface area contributed by atoms with Crippen molar-refractivity contribution in [1.82, 2.24) is 19.7 Å². The molecule has 7 heteroatoms. The molecule has 1 aromatic heterocycles. The lowest BCUT2D eigenvalue weighted by Crippen LogP contribution is -2.41. The normalized spacial score (nSPS) is 19.7. The Morgan fingerprint density at radius 3 is 2.75 bits per heavy atom. The van der Waals surface area contributed by atoms with Crippen LogP contribution in [0.15, 0.2) is 23.0 Å². The number of likely N-dealkylation sites (N-methyl/N-ethyl adjacent to an activating group) is 1. The summed E-state index contributed by atoms with van der Waals surface area (Å²) >= 11 is 0. The molecule has 0 spiro atoms. The molecule has 28 heavy (non-hydrogen) atoms. The maximum absolute atomic E-state index is 12.8. The van der Waals surface area contributed by atoms with Crippen LogP contribution >= 0.6 is 0 Å². The molecule has 4 rings (SSSR count). The summed E-state index contributed by atoms with van der Waals surface area (Å²) in [5, 5.41) is 22.0. The second kappa shape index (κ2) is 7.64. The number of aromatic hydroxyl groups is 1. The molecule has 0 bridgehead atoms. The van der Waals surface area contributed by atoms with Gasteiger partial charge >= 0.3 is 0 Å². The summed E-state index contributed by atoms with van der Waals surface area (Å²) in [6, 6.07) is 5.37. The average Bonchev–Trinajstić information content (AvgIpc) is 3.49. The van der Waals surface area contributed by atoms with E-state index < -0.39 is 0 Å². The second-order valence-corrected chi connectivity index (χ2v) is 7.76. The molecule has 2 aromatic rings. The SMILES string of the molecule is CN1CCC[C@@H](Nc2nnc(-c3ccc(C#CC4CC4)cc3O)n(C)c2=O)C1. The Labute approximate surface area is 164 Å². The summed E-state index contributed by atoms with van der Waals surface area (Å²) in [4.78, 5) is 15.0. The predicted molar refractivity (Wildman–Crippen MR) is 108 cm³/mol. The number of nitrogens with one attached hydrogen (secondary N) is 1. The van der Waals surface area contributed by atoms with Crippen LogP contribution in [-0.4, -0.2) is 50.9 Å². The van der Waals surface area contributed by atoms with E-state index in [0.29, 0.717) is 17.3 Å². The Morgan fingerprint density at radius 2 is 2.04 bits per heavy atom. The molecular formula is C21H25N5O2. The van der Waals surface area contributed by atoms with Crippen LogP contribution in [0, 0.1) is 17.8 Å². The predicted octanol–water partition coefficient (Wildman–Crippen LogP) is 1.82. The molecule has 7 nitrogen and oxygen atoms in total.